The number of hydrogen-bond acceptors (Lipinski definition) is 6. The minimum absolute atomic E-state index is 0.0370. The van der Waals surface area contributed by atoms with Crippen molar-refractivity contribution < 1.29 is 23.5 Å². The molecule has 0 aromatic heterocycles. The lowest BCUT2D eigenvalue weighted by molar-refractivity contribution is 0.0984. The van der Waals surface area contributed by atoms with E-state index >= 15 is 0 Å². The third-order valence-corrected chi connectivity index (χ3v) is 8.39. The van der Waals surface area contributed by atoms with Gasteiger partial charge >= 0.3 is 6.72 Å². The molecule has 2 amide bonds. The van der Waals surface area contributed by atoms with E-state index in [1.54, 1.807) is 47.4 Å². The summed E-state index contributed by atoms with van der Waals surface area (Å²) in [4.78, 5) is 38.8. The van der Waals surface area contributed by atoms with E-state index in [0.29, 0.717) is 58.0 Å². The normalized spacial score (nSPS) is 16.3. The van der Waals surface area contributed by atoms with Gasteiger partial charge in [-0.3, -0.25) is 9.59 Å². The Morgan fingerprint density at radius 3 is 2.65 bits per heavy atom. The molecule has 0 aliphatic carbocycles. The number of aryl methyl sites for hydroxylation is 2. The molecule has 2 unspecified atom stereocenters. The predicted octanol–water partition coefficient (Wildman–Crippen LogP) is 6.85. The summed E-state index contributed by atoms with van der Waals surface area (Å²) in [6, 6.07) is 19.6. The molecule has 0 saturated heterocycles. The first-order chi connectivity index (χ1) is 19.1. The van der Waals surface area contributed by atoms with Gasteiger partial charge in [-0.25, -0.2) is 0 Å². The minimum Gasteiger partial charge on any atom is -0.324 e. The lowest BCUT2D eigenvalue weighted by atomic mass is 10.0. The molecule has 0 bridgehead atoms. The highest BCUT2D eigenvalue weighted by molar-refractivity contribution is 8.07. The molecule has 0 spiro atoms. The maximum Gasteiger partial charge on any atom is 0.325 e. The average Bonchev–Trinajstić information content (AvgIpc) is 3.07. The van der Waals surface area contributed by atoms with Crippen molar-refractivity contribution >= 4 is 53.3 Å². The second kappa shape index (κ2) is 13.0. The molecule has 4 rings (SSSR count). The number of hydrogen-bond donors (Lipinski definition) is 2. The summed E-state index contributed by atoms with van der Waals surface area (Å²) in [6.07, 6.45) is 0.468. The first-order valence-electron chi connectivity index (χ1n) is 12.7. The number of anilines is 2. The van der Waals surface area contributed by atoms with Gasteiger partial charge in [0.15, 0.2) is 0 Å². The summed E-state index contributed by atoms with van der Waals surface area (Å²) in [5, 5.41) is 12.1. The summed E-state index contributed by atoms with van der Waals surface area (Å²) < 4.78 is 11.1. The Morgan fingerprint density at radius 2 is 1.93 bits per heavy atom. The molecule has 3 aromatic rings. The topological polar surface area (TPSA) is 112 Å². The van der Waals surface area contributed by atoms with Crippen molar-refractivity contribution in [3.8, 4) is 6.07 Å². The third kappa shape index (κ3) is 7.15. The molecule has 1 aliphatic rings. The Kier molecular flexibility index (Phi) is 9.75. The fourth-order valence-electron chi connectivity index (χ4n) is 4.61. The SMILES string of the molecule is Cc1ccccc1C(=O)Nc1ccc(C(=O)N2CCCC(OP(O)(=S)OCCC#N)c3cc(Cl)ccc32)c(C)c1. The maximum absolute atomic E-state index is 13.8. The molecule has 2 atom stereocenters. The van der Waals surface area contributed by atoms with Gasteiger partial charge in [0.2, 0.25) is 0 Å². The van der Waals surface area contributed by atoms with Crippen molar-refractivity contribution in [1.82, 2.24) is 0 Å². The van der Waals surface area contributed by atoms with E-state index in [0.717, 1.165) is 5.56 Å². The van der Waals surface area contributed by atoms with Crippen LogP contribution in [0.15, 0.2) is 60.7 Å². The van der Waals surface area contributed by atoms with Crippen molar-refractivity contribution in [2.45, 2.75) is 39.2 Å². The molecule has 8 nitrogen and oxygen atoms in total. The largest absolute Gasteiger partial charge is 0.325 e. The van der Waals surface area contributed by atoms with Crippen molar-refractivity contribution in [1.29, 1.82) is 5.26 Å². The molecule has 3 aromatic carbocycles. The summed E-state index contributed by atoms with van der Waals surface area (Å²) in [5.41, 5.74) is 4.45. The number of amides is 2. The quantitative estimate of drug-likeness (QED) is 0.216. The van der Waals surface area contributed by atoms with Crippen LogP contribution in [-0.2, 0) is 20.9 Å². The summed E-state index contributed by atoms with van der Waals surface area (Å²) in [7, 11) is 0. The van der Waals surface area contributed by atoms with E-state index < -0.39 is 12.8 Å². The van der Waals surface area contributed by atoms with Gasteiger partial charge in [-0.1, -0.05) is 29.8 Å². The van der Waals surface area contributed by atoms with Gasteiger partial charge in [-0.15, -0.1) is 0 Å². The Morgan fingerprint density at radius 1 is 1.15 bits per heavy atom. The third-order valence-electron chi connectivity index (χ3n) is 6.55. The van der Waals surface area contributed by atoms with Crippen LogP contribution >= 0.6 is 18.3 Å². The second-order valence-corrected chi connectivity index (χ2v) is 12.6. The highest BCUT2D eigenvalue weighted by atomic mass is 35.5. The fraction of sp³-hybridized carbons (Fsp3) is 0.276. The predicted molar refractivity (Wildman–Crippen MR) is 159 cm³/mol. The highest BCUT2D eigenvalue weighted by Gasteiger charge is 2.32. The smallest absolute Gasteiger partial charge is 0.324 e. The van der Waals surface area contributed by atoms with Crippen LogP contribution < -0.4 is 10.2 Å². The van der Waals surface area contributed by atoms with Crippen molar-refractivity contribution in [2.24, 2.45) is 0 Å². The number of benzene rings is 3. The number of fused-ring (bicyclic) bond motifs is 1. The van der Waals surface area contributed by atoms with Crippen LogP contribution in [0.2, 0.25) is 5.02 Å². The molecule has 1 aliphatic heterocycles. The van der Waals surface area contributed by atoms with E-state index in [2.05, 4.69) is 5.32 Å². The van der Waals surface area contributed by atoms with Gasteiger partial charge in [0.25, 0.3) is 11.8 Å². The molecule has 1 heterocycles. The molecular weight excluding hydrogens is 569 g/mol. The number of carbonyl (C=O) groups is 2. The monoisotopic (exact) mass is 597 g/mol. The van der Waals surface area contributed by atoms with Crippen LogP contribution in [0.4, 0.5) is 11.4 Å². The van der Waals surface area contributed by atoms with Crippen molar-refractivity contribution in [2.75, 3.05) is 23.4 Å². The number of halogens is 1. The second-order valence-electron chi connectivity index (χ2n) is 9.40. The van der Waals surface area contributed by atoms with Gasteiger partial charge in [0.05, 0.1) is 25.2 Å². The van der Waals surface area contributed by atoms with Crippen molar-refractivity contribution in [3.05, 3.63) is 93.5 Å². The Balaban J connectivity index is 1.57. The number of carbonyl (C=O) groups excluding carboxylic acids is 2. The minimum atomic E-state index is -3.63. The standard InChI is InChI=1S/C29H29ClN3O5PS/c1-19-7-3-4-8-23(19)28(34)32-22-11-12-24(20(2)17-22)29(35)33-15-5-9-27(25-18-21(30)10-13-26(25)33)38-39(36,40)37-16-6-14-31/h3-4,7-8,10-13,17-18,27H,5-6,9,15-16H2,1-2H3,(H,32,34)(H,36,40). The summed E-state index contributed by atoms with van der Waals surface area (Å²) in [6.45, 7) is 0.437. The van der Waals surface area contributed by atoms with E-state index in [4.69, 9.17) is 37.7 Å². The average molecular weight is 598 g/mol. The number of nitrogens with one attached hydrogen (secondary N) is 1. The van der Waals surface area contributed by atoms with Crippen molar-refractivity contribution in [3.63, 3.8) is 0 Å². The molecule has 0 fully saturated rings. The van der Waals surface area contributed by atoms with Gasteiger partial charge in [0.1, 0.15) is 0 Å². The van der Waals surface area contributed by atoms with E-state index in [9.17, 15) is 14.5 Å². The molecule has 208 valence electrons. The van der Waals surface area contributed by atoms with Gasteiger partial charge in [0, 0.05) is 39.6 Å². The lowest BCUT2D eigenvalue weighted by Gasteiger charge is -2.26. The molecule has 11 heteroatoms. The number of nitrogens with zero attached hydrogens (tertiary/aromatic N) is 2. The summed E-state index contributed by atoms with van der Waals surface area (Å²) in [5.74, 6) is -0.436. The molecular formula is C29H29ClN3O5PS. The van der Waals surface area contributed by atoms with Crippen LogP contribution in [-0.4, -0.2) is 29.9 Å². The zero-order chi connectivity index (χ0) is 28.9. The number of nitriles is 1. The van der Waals surface area contributed by atoms with Crippen LogP contribution in [0.5, 0.6) is 0 Å². The first kappa shape index (κ1) is 29.9. The van der Waals surface area contributed by atoms with Crippen LogP contribution in [0.3, 0.4) is 0 Å². The fourth-order valence-corrected chi connectivity index (χ4v) is 6.25. The Hall–Kier alpha value is -3.09. The lowest BCUT2D eigenvalue weighted by Crippen LogP contribution is -2.32. The molecule has 2 N–H and O–H groups in total. The maximum atomic E-state index is 13.8. The molecule has 0 radical (unpaired) electrons. The highest BCUT2D eigenvalue weighted by Crippen LogP contribution is 2.51. The van der Waals surface area contributed by atoms with Gasteiger partial charge in [-0.2, -0.15) is 5.26 Å². The first-order valence-corrected chi connectivity index (χ1v) is 15.7. The van der Waals surface area contributed by atoms with Crippen LogP contribution in [0.1, 0.15) is 62.8 Å². The molecule has 0 saturated carbocycles. The Bertz CT molecular complexity index is 1530. The number of rotatable bonds is 8. The zero-order valence-electron chi connectivity index (χ0n) is 22.1. The summed E-state index contributed by atoms with van der Waals surface area (Å²) >= 11 is 11.5. The van der Waals surface area contributed by atoms with E-state index in [-0.39, 0.29) is 24.8 Å². The van der Waals surface area contributed by atoms with Crippen LogP contribution in [0.25, 0.3) is 0 Å². The van der Waals surface area contributed by atoms with Crippen LogP contribution in [0, 0.1) is 25.2 Å². The zero-order valence-corrected chi connectivity index (χ0v) is 24.6. The van der Waals surface area contributed by atoms with Gasteiger partial charge < -0.3 is 24.2 Å². The Labute approximate surface area is 243 Å². The van der Waals surface area contributed by atoms with E-state index in [1.165, 1.54) is 0 Å². The molecule has 40 heavy (non-hydrogen) atoms. The van der Waals surface area contributed by atoms with Gasteiger partial charge in [-0.05, 0) is 92.1 Å². The van der Waals surface area contributed by atoms with E-state index in [1.807, 2.05) is 38.1 Å².